The second kappa shape index (κ2) is 4.81. The lowest BCUT2D eigenvalue weighted by molar-refractivity contribution is 0.335. The lowest BCUT2D eigenvalue weighted by Crippen LogP contribution is -2.05. The van der Waals surface area contributed by atoms with Gasteiger partial charge in [-0.2, -0.15) is 0 Å². The van der Waals surface area contributed by atoms with E-state index in [9.17, 15) is 0 Å². The van der Waals surface area contributed by atoms with Gasteiger partial charge >= 0.3 is 0 Å². The van der Waals surface area contributed by atoms with E-state index in [0.29, 0.717) is 5.92 Å². The van der Waals surface area contributed by atoms with Gasteiger partial charge in [-0.05, 0) is 22.3 Å². The molecule has 0 aromatic heterocycles. The normalized spacial score (nSPS) is 16.4. The molecule has 2 aromatic rings. The second-order valence-electron chi connectivity index (χ2n) is 4.80. The molecule has 1 heterocycles. The highest BCUT2D eigenvalue weighted by Crippen LogP contribution is 2.28. The van der Waals surface area contributed by atoms with Crippen LogP contribution in [0.1, 0.15) is 24.8 Å². The van der Waals surface area contributed by atoms with Gasteiger partial charge in [0.05, 0.1) is 6.54 Å². The fourth-order valence-electron chi connectivity index (χ4n) is 2.55. The van der Waals surface area contributed by atoms with Crippen LogP contribution >= 0.6 is 0 Å². The van der Waals surface area contributed by atoms with Crippen LogP contribution in [0.2, 0.25) is 0 Å². The average Bonchev–Trinajstić information content (AvgIpc) is 2.91. The third-order valence-electron chi connectivity index (χ3n) is 3.48. The standard InChI is InChI=1S/C16H17NO/c1-12(11-16-17-9-10-18-16)14-8-4-6-13-5-2-3-7-15(13)14/h2-8,12H,9-11H2,1H3. The molecule has 0 spiro atoms. The minimum absolute atomic E-state index is 0.438. The number of nitrogens with zero attached hydrogens (tertiary/aromatic N) is 1. The maximum absolute atomic E-state index is 5.51. The van der Waals surface area contributed by atoms with Crippen molar-refractivity contribution in [3.8, 4) is 0 Å². The molecule has 1 aliphatic heterocycles. The van der Waals surface area contributed by atoms with E-state index in [1.165, 1.54) is 16.3 Å². The van der Waals surface area contributed by atoms with Gasteiger partial charge in [-0.1, -0.05) is 49.4 Å². The van der Waals surface area contributed by atoms with Gasteiger partial charge in [-0.3, -0.25) is 4.99 Å². The Morgan fingerprint density at radius 1 is 1.17 bits per heavy atom. The summed E-state index contributed by atoms with van der Waals surface area (Å²) in [5, 5.41) is 2.64. The monoisotopic (exact) mass is 239 g/mol. The zero-order chi connectivity index (χ0) is 12.4. The molecule has 0 amide bonds. The first-order valence-electron chi connectivity index (χ1n) is 6.48. The fraction of sp³-hybridized carbons (Fsp3) is 0.312. The topological polar surface area (TPSA) is 21.6 Å². The Bertz CT molecular complexity index is 583. The van der Waals surface area contributed by atoms with Crippen LogP contribution in [0.3, 0.4) is 0 Å². The Morgan fingerprint density at radius 3 is 2.83 bits per heavy atom. The van der Waals surface area contributed by atoms with E-state index in [0.717, 1.165) is 25.5 Å². The first-order chi connectivity index (χ1) is 8.84. The summed E-state index contributed by atoms with van der Waals surface area (Å²) < 4.78 is 5.51. The summed E-state index contributed by atoms with van der Waals surface area (Å²) in [6.45, 7) is 3.81. The molecule has 0 saturated carbocycles. The van der Waals surface area contributed by atoms with Crippen LogP contribution in [-0.4, -0.2) is 19.0 Å². The van der Waals surface area contributed by atoms with Gasteiger partial charge in [-0.25, -0.2) is 0 Å². The Kier molecular flexibility index (Phi) is 3.01. The van der Waals surface area contributed by atoms with Gasteiger partial charge in [0.1, 0.15) is 6.61 Å². The van der Waals surface area contributed by atoms with Crippen molar-refractivity contribution in [2.75, 3.05) is 13.2 Å². The Hall–Kier alpha value is -1.83. The number of hydrogen-bond donors (Lipinski definition) is 0. The quantitative estimate of drug-likeness (QED) is 0.799. The smallest absolute Gasteiger partial charge is 0.183 e. The van der Waals surface area contributed by atoms with E-state index in [-0.39, 0.29) is 0 Å². The lowest BCUT2D eigenvalue weighted by Gasteiger charge is -2.14. The third kappa shape index (κ3) is 2.10. The fourth-order valence-corrected chi connectivity index (χ4v) is 2.55. The molecule has 0 N–H and O–H groups in total. The van der Waals surface area contributed by atoms with E-state index in [2.05, 4.69) is 54.4 Å². The van der Waals surface area contributed by atoms with Crippen LogP contribution in [0, 0.1) is 0 Å². The first kappa shape index (κ1) is 11.3. The molecule has 2 nitrogen and oxygen atoms in total. The highest BCUT2D eigenvalue weighted by atomic mass is 16.5. The molecule has 0 fully saturated rings. The van der Waals surface area contributed by atoms with Gasteiger partial charge < -0.3 is 4.74 Å². The van der Waals surface area contributed by atoms with E-state index < -0.39 is 0 Å². The summed E-state index contributed by atoms with van der Waals surface area (Å²) in [6.07, 6.45) is 0.897. The average molecular weight is 239 g/mol. The third-order valence-corrected chi connectivity index (χ3v) is 3.48. The van der Waals surface area contributed by atoms with Crippen LogP contribution in [0.5, 0.6) is 0 Å². The van der Waals surface area contributed by atoms with Crippen LogP contribution < -0.4 is 0 Å². The Labute approximate surface area is 107 Å². The van der Waals surface area contributed by atoms with Crippen LogP contribution in [-0.2, 0) is 4.74 Å². The molecule has 2 aromatic carbocycles. The summed E-state index contributed by atoms with van der Waals surface area (Å²) >= 11 is 0. The summed E-state index contributed by atoms with van der Waals surface area (Å²) in [7, 11) is 0. The van der Waals surface area contributed by atoms with Crippen molar-refractivity contribution in [3.05, 3.63) is 48.0 Å². The van der Waals surface area contributed by atoms with Crippen molar-refractivity contribution >= 4 is 16.7 Å². The second-order valence-corrected chi connectivity index (χ2v) is 4.80. The largest absolute Gasteiger partial charge is 0.479 e. The van der Waals surface area contributed by atoms with Gasteiger partial charge in [0.15, 0.2) is 5.90 Å². The maximum atomic E-state index is 5.51. The predicted octanol–water partition coefficient (Wildman–Crippen LogP) is 3.76. The Balaban J connectivity index is 1.93. The molecule has 1 aliphatic rings. The number of rotatable bonds is 3. The molecule has 0 saturated heterocycles. The van der Waals surface area contributed by atoms with Crippen molar-refractivity contribution < 1.29 is 4.74 Å². The van der Waals surface area contributed by atoms with Gasteiger partial charge in [0.25, 0.3) is 0 Å². The van der Waals surface area contributed by atoms with Gasteiger partial charge in [-0.15, -0.1) is 0 Å². The Morgan fingerprint density at radius 2 is 2.00 bits per heavy atom. The summed E-state index contributed by atoms with van der Waals surface area (Å²) in [6, 6.07) is 15.0. The zero-order valence-corrected chi connectivity index (χ0v) is 10.6. The number of hydrogen-bond acceptors (Lipinski definition) is 2. The lowest BCUT2D eigenvalue weighted by atomic mass is 9.92. The van der Waals surface area contributed by atoms with Gasteiger partial charge in [0.2, 0.25) is 0 Å². The van der Waals surface area contributed by atoms with E-state index in [1.807, 2.05) is 0 Å². The van der Waals surface area contributed by atoms with Crippen molar-refractivity contribution in [1.29, 1.82) is 0 Å². The number of ether oxygens (including phenoxy) is 1. The molecular formula is C16H17NO. The number of benzene rings is 2. The predicted molar refractivity (Wildman–Crippen MR) is 75.2 cm³/mol. The molecule has 0 aliphatic carbocycles. The molecule has 18 heavy (non-hydrogen) atoms. The SMILES string of the molecule is CC(CC1=NCCO1)c1cccc2ccccc12. The molecule has 3 rings (SSSR count). The molecule has 1 atom stereocenters. The summed E-state index contributed by atoms with van der Waals surface area (Å²) in [5.41, 5.74) is 1.38. The van der Waals surface area contributed by atoms with Crippen LogP contribution in [0.4, 0.5) is 0 Å². The maximum Gasteiger partial charge on any atom is 0.183 e. The van der Waals surface area contributed by atoms with Crippen LogP contribution in [0.25, 0.3) is 10.8 Å². The van der Waals surface area contributed by atoms with Crippen molar-refractivity contribution in [1.82, 2.24) is 0 Å². The van der Waals surface area contributed by atoms with Crippen molar-refractivity contribution in [2.45, 2.75) is 19.3 Å². The molecule has 92 valence electrons. The molecular weight excluding hydrogens is 222 g/mol. The molecule has 1 unspecified atom stereocenters. The van der Waals surface area contributed by atoms with Crippen molar-refractivity contribution in [3.63, 3.8) is 0 Å². The molecule has 2 heteroatoms. The number of fused-ring (bicyclic) bond motifs is 1. The minimum Gasteiger partial charge on any atom is -0.479 e. The highest BCUT2D eigenvalue weighted by molar-refractivity contribution is 5.87. The van der Waals surface area contributed by atoms with E-state index in [1.54, 1.807) is 0 Å². The minimum atomic E-state index is 0.438. The summed E-state index contributed by atoms with van der Waals surface area (Å²) in [5.74, 6) is 1.35. The molecule has 0 bridgehead atoms. The highest BCUT2D eigenvalue weighted by Gasteiger charge is 2.15. The number of aliphatic imine (C=N–C) groups is 1. The van der Waals surface area contributed by atoms with Crippen LogP contribution in [0.15, 0.2) is 47.5 Å². The van der Waals surface area contributed by atoms with Gasteiger partial charge in [0, 0.05) is 6.42 Å². The molecule has 0 radical (unpaired) electrons. The summed E-state index contributed by atoms with van der Waals surface area (Å²) in [4.78, 5) is 4.38. The zero-order valence-electron chi connectivity index (χ0n) is 10.6. The van der Waals surface area contributed by atoms with E-state index >= 15 is 0 Å². The van der Waals surface area contributed by atoms with E-state index in [4.69, 9.17) is 4.74 Å². The first-order valence-corrected chi connectivity index (χ1v) is 6.48. The van der Waals surface area contributed by atoms with Crippen molar-refractivity contribution in [2.24, 2.45) is 4.99 Å².